The summed E-state index contributed by atoms with van der Waals surface area (Å²) in [6.07, 6.45) is 3.04. The molecule has 3 rings (SSSR count). The fraction of sp³-hybridized carbons (Fsp3) is 0.381. The highest BCUT2D eigenvalue weighted by molar-refractivity contribution is 5.90. The van der Waals surface area contributed by atoms with Crippen molar-refractivity contribution in [3.63, 3.8) is 0 Å². The van der Waals surface area contributed by atoms with Gasteiger partial charge in [0.25, 0.3) is 0 Å². The molecule has 1 aromatic heterocycles. The predicted molar refractivity (Wildman–Crippen MR) is 117 cm³/mol. The zero-order valence-corrected chi connectivity index (χ0v) is 17.5. The van der Waals surface area contributed by atoms with Crippen LogP contribution in [0.5, 0.6) is 5.75 Å². The second-order valence-corrected chi connectivity index (χ2v) is 7.27. The van der Waals surface area contributed by atoms with Crippen molar-refractivity contribution in [1.29, 1.82) is 0 Å². The summed E-state index contributed by atoms with van der Waals surface area (Å²) in [5.41, 5.74) is 12.0. The number of nitrogens with two attached hydrogens (primary N) is 2. The normalized spacial score (nSPS) is 16.9. The van der Waals surface area contributed by atoms with E-state index >= 15 is 0 Å². The van der Waals surface area contributed by atoms with Gasteiger partial charge in [0.1, 0.15) is 23.2 Å². The number of amides is 1. The van der Waals surface area contributed by atoms with Crippen molar-refractivity contribution >= 4 is 34.9 Å². The summed E-state index contributed by atoms with van der Waals surface area (Å²) in [6.45, 7) is 1.12. The van der Waals surface area contributed by atoms with Crippen molar-refractivity contribution < 1.29 is 14.3 Å². The lowest BCUT2D eigenvalue weighted by molar-refractivity contribution is -0.141. The van der Waals surface area contributed by atoms with E-state index in [0.717, 1.165) is 25.8 Å². The number of carbonyl (C=O) groups is 2. The third kappa shape index (κ3) is 6.06. The molecule has 1 amide bonds. The molecule has 2 aromatic rings. The third-order valence-corrected chi connectivity index (χ3v) is 4.93. The number of hydrogen-bond donors (Lipinski definition) is 3. The Bertz CT molecular complexity index is 964. The maximum Gasteiger partial charge on any atom is 0.328 e. The van der Waals surface area contributed by atoms with E-state index in [1.807, 2.05) is 11.9 Å². The molecule has 10 nitrogen and oxygen atoms in total. The van der Waals surface area contributed by atoms with E-state index in [-0.39, 0.29) is 36.7 Å². The Morgan fingerprint density at radius 1 is 1.19 bits per heavy atom. The SMILES string of the molecule is CN1CCCC[C@H]1C(=O)Oc1ccccc1/N=N/c1ccc(NC(=O)CCN)nc1N. The lowest BCUT2D eigenvalue weighted by Gasteiger charge is -2.30. The molecule has 0 bridgehead atoms. The standard InChI is InChI=1S/C21H27N7O3/c1-28-13-5-4-7-16(28)21(30)31-17-8-3-2-6-14(17)26-27-15-9-10-18(25-20(15)23)24-19(29)11-12-22/h2-3,6,8-10,16H,4-5,7,11-13,22H2,1H3,(H3,23,24,25,29)/b27-26+/t16-/m0/s1. The van der Waals surface area contributed by atoms with Gasteiger partial charge in [-0.3, -0.25) is 9.69 Å². The number of azo groups is 1. The van der Waals surface area contributed by atoms with Crippen LogP contribution in [-0.4, -0.2) is 47.9 Å². The van der Waals surface area contributed by atoms with Gasteiger partial charge in [-0.15, -0.1) is 10.2 Å². The van der Waals surface area contributed by atoms with E-state index in [0.29, 0.717) is 22.9 Å². The number of para-hydroxylation sites is 1. The van der Waals surface area contributed by atoms with Crippen LogP contribution in [0.25, 0.3) is 0 Å². The number of nitrogens with one attached hydrogen (secondary N) is 1. The number of piperidine rings is 1. The number of esters is 1. The van der Waals surface area contributed by atoms with Gasteiger partial charge in [-0.25, -0.2) is 9.78 Å². The number of aromatic nitrogens is 1. The molecular formula is C21H27N7O3. The van der Waals surface area contributed by atoms with Gasteiger partial charge in [-0.1, -0.05) is 18.6 Å². The van der Waals surface area contributed by atoms with Crippen LogP contribution in [0.4, 0.5) is 23.0 Å². The molecule has 1 saturated heterocycles. The fourth-order valence-electron chi connectivity index (χ4n) is 3.24. The minimum absolute atomic E-state index is 0.104. The number of likely N-dealkylation sites (tertiary alicyclic amines) is 1. The second kappa shape index (κ2) is 10.6. The van der Waals surface area contributed by atoms with Gasteiger partial charge in [0.05, 0.1) is 0 Å². The molecular weight excluding hydrogens is 398 g/mol. The molecule has 0 aliphatic carbocycles. The van der Waals surface area contributed by atoms with Crippen molar-refractivity contribution in [3.05, 3.63) is 36.4 Å². The molecule has 0 saturated carbocycles. The summed E-state index contributed by atoms with van der Waals surface area (Å²) in [6, 6.07) is 9.81. The highest BCUT2D eigenvalue weighted by Gasteiger charge is 2.28. The molecule has 1 aliphatic heterocycles. The molecule has 1 aromatic carbocycles. The largest absolute Gasteiger partial charge is 0.423 e. The average Bonchev–Trinajstić information content (AvgIpc) is 2.74. The number of nitrogen functional groups attached to an aromatic ring is 1. The van der Waals surface area contributed by atoms with Gasteiger partial charge in [-0.2, -0.15) is 0 Å². The summed E-state index contributed by atoms with van der Waals surface area (Å²) in [4.78, 5) is 30.4. The van der Waals surface area contributed by atoms with E-state index in [1.165, 1.54) is 0 Å². The smallest absolute Gasteiger partial charge is 0.328 e. The van der Waals surface area contributed by atoms with Crippen molar-refractivity contribution in [2.75, 3.05) is 31.2 Å². The van der Waals surface area contributed by atoms with E-state index < -0.39 is 0 Å². The summed E-state index contributed by atoms with van der Waals surface area (Å²) >= 11 is 0. The second-order valence-electron chi connectivity index (χ2n) is 7.27. The molecule has 31 heavy (non-hydrogen) atoms. The zero-order valence-electron chi connectivity index (χ0n) is 17.5. The Balaban J connectivity index is 1.71. The zero-order chi connectivity index (χ0) is 22.2. The summed E-state index contributed by atoms with van der Waals surface area (Å²) in [5, 5.41) is 10.9. The lowest BCUT2D eigenvalue weighted by atomic mass is 10.0. The number of hydrogen-bond acceptors (Lipinski definition) is 9. The first-order valence-corrected chi connectivity index (χ1v) is 10.2. The molecule has 2 heterocycles. The summed E-state index contributed by atoms with van der Waals surface area (Å²) in [7, 11) is 1.93. The molecule has 10 heteroatoms. The van der Waals surface area contributed by atoms with Crippen LogP contribution in [0.2, 0.25) is 0 Å². The summed E-state index contributed by atoms with van der Waals surface area (Å²) in [5.74, 6) is 0.188. The highest BCUT2D eigenvalue weighted by atomic mass is 16.5. The average molecular weight is 425 g/mol. The topological polar surface area (TPSA) is 148 Å². The number of carbonyl (C=O) groups excluding carboxylic acids is 2. The van der Waals surface area contributed by atoms with Crippen LogP contribution < -0.4 is 21.5 Å². The van der Waals surface area contributed by atoms with E-state index in [1.54, 1.807) is 36.4 Å². The Hall–Kier alpha value is -3.37. The monoisotopic (exact) mass is 425 g/mol. The number of benzene rings is 1. The van der Waals surface area contributed by atoms with E-state index in [4.69, 9.17) is 16.2 Å². The van der Waals surface area contributed by atoms with Gasteiger partial charge >= 0.3 is 5.97 Å². The molecule has 0 radical (unpaired) electrons. The summed E-state index contributed by atoms with van der Waals surface area (Å²) < 4.78 is 5.62. The molecule has 5 N–H and O–H groups in total. The lowest BCUT2D eigenvalue weighted by Crippen LogP contribution is -2.44. The highest BCUT2D eigenvalue weighted by Crippen LogP contribution is 2.31. The first-order chi connectivity index (χ1) is 15.0. The number of rotatable bonds is 7. The third-order valence-electron chi connectivity index (χ3n) is 4.93. The van der Waals surface area contributed by atoms with Crippen molar-refractivity contribution in [1.82, 2.24) is 9.88 Å². The number of nitrogens with zero attached hydrogens (tertiary/aromatic N) is 4. The van der Waals surface area contributed by atoms with E-state index in [2.05, 4.69) is 20.5 Å². The van der Waals surface area contributed by atoms with Gasteiger partial charge < -0.3 is 21.5 Å². The van der Waals surface area contributed by atoms with Crippen LogP contribution >= 0.6 is 0 Å². The molecule has 164 valence electrons. The van der Waals surface area contributed by atoms with Gasteiger partial charge in [0, 0.05) is 13.0 Å². The van der Waals surface area contributed by atoms with Crippen molar-refractivity contribution in [2.24, 2.45) is 16.0 Å². The van der Waals surface area contributed by atoms with Crippen molar-refractivity contribution in [3.8, 4) is 5.75 Å². The molecule has 0 spiro atoms. The first kappa shape index (κ1) is 22.3. The minimum Gasteiger partial charge on any atom is -0.423 e. The first-order valence-electron chi connectivity index (χ1n) is 10.2. The van der Waals surface area contributed by atoms with Gasteiger partial charge in [0.2, 0.25) is 5.91 Å². The quantitative estimate of drug-likeness (QED) is 0.351. The van der Waals surface area contributed by atoms with Crippen LogP contribution in [0.1, 0.15) is 25.7 Å². The Morgan fingerprint density at radius 2 is 1.97 bits per heavy atom. The number of ether oxygens (including phenoxy) is 1. The number of likely N-dealkylation sites (N-methyl/N-ethyl adjacent to an activating group) is 1. The molecule has 1 aliphatic rings. The molecule has 1 fully saturated rings. The fourth-order valence-corrected chi connectivity index (χ4v) is 3.24. The van der Waals surface area contributed by atoms with Gasteiger partial charge in [0.15, 0.2) is 11.6 Å². The van der Waals surface area contributed by atoms with E-state index in [9.17, 15) is 9.59 Å². The number of anilines is 2. The molecule has 1 atom stereocenters. The van der Waals surface area contributed by atoms with Crippen LogP contribution in [0.15, 0.2) is 46.6 Å². The minimum atomic E-state index is -0.302. The number of pyridine rings is 1. The Morgan fingerprint density at radius 3 is 2.71 bits per heavy atom. The van der Waals surface area contributed by atoms with Crippen LogP contribution in [-0.2, 0) is 9.59 Å². The molecule has 0 unspecified atom stereocenters. The maximum atomic E-state index is 12.6. The van der Waals surface area contributed by atoms with Crippen LogP contribution in [0.3, 0.4) is 0 Å². The Labute approximate surface area is 180 Å². The van der Waals surface area contributed by atoms with Crippen LogP contribution in [0, 0.1) is 0 Å². The Kier molecular flexibility index (Phi) is 7.63. The van der Waals surface area contributed by atoms with Crippen molar-refractivity contribution in [2.45, 2.75) is 31.7 Å². The van der Waals surface area contributed by atoms with Gasteiger partial charge in [-0.05, 0) is 50.7 Å². The maximum absolute atomic E-state index is 12.6. The predicted octanol–water partition coefficient (Wildman–Crippen LogP) is 2.76.